The molecule has 0 saturated carbocycles. The summed E-state index contributed by atoms with van der Waals surface area (Å²) in [6, 6.07) is 11.2. The molecule has 2 N–H and O–H groups in total. The van der Waals surface area contributed by atoms with Gasteiger partial charge in [0.05, 0.1) is 17.6 Å². The third kappa shape index (κ3) is 3.32. The highest BCUT2D eigenvalue weighted by Crippen LogP contribution is 2.35. The van der Waals surface area contributed by atoms with Crippen molar-refractivity contribution >= 4 is 29.1 Å². The van der Waals surface area contributed by atoms with Crippen LogP contribution in [-0.4, -0.2) is 18.0 Å². The first-order chi connectivity index (χ1) is 10.0. The molecule has 108 valence electrons. The van der Waals surface area contributed by atoms with Gasteiger partial charge in [0.1, 0.15) is 0 Å². The first kappa shape index (κ1) is 14.9. The summed E-state index contributed by atoms with van der Waals surface area (Å²) < 4.78 is 4.67. The first-order valence-corrected chi connectivity index (χ1v) is 6.73. The van der Waals surface area contributed by atoms with Crippen LogP contribution < -0.4 is 5.73 Å². The van der Waals surface area contributed by atoms with Crippen molar-refractivity contribution in [1.82, 2.24) is 0 Å². The van der Waals surface area contributed by atoms with Crippen LogP contribution in [0.2, 0.25) is 0 Å². The third-order valence-corrected chi connectivity index (χ3v) is 3.89. The maximum atomic E-state index is 11.8. The van der Waals surface area contributed by atoms with E-state index in [0.717, 1.165) is 4.90 Å². The number of hydrogen-bond acceptors (Lipinski definition) is 6. The first-order valence-electron chi connectivity index (χ1n) is 5.92. The van der Waals surface area contributed by atoms with Crippen molar-refractivity contribution in [3.8, 4) is 0 Å². The molecule has 0 fully saturated rings. The zero-order chi connectivity index (χ0) is 15.4. The summed E-state index contributed by atoms with van der Waals surface area (Å²) in [5.41, 5.74) is 6.40. The number of esters is 1. The van der Waals surface area contributed by atoms with E-state index in [4.69, 9.17) is 5.73 Å². The molecule has 0 aliphatic rings. The SMILES string of the molecule is COC(=O)c1cc([N+](=O)[O-])ccc1Sc1ccccc1N. The van der Waals surface area contributed by atoms with Crippen molar-refractivity contribution < 1.29 is 14.5 Å². The Morgan fingerprint density at radius 1 is 1.24 bits per heavy atom. The van der Waals surface area contributed by atoms with Gasteiger partial charge in [0.25, 0.3) is 5.69 Å². The van der Waals surface area contributed by atoms with Gasteiger partial charge < -0.3 is 10.5 Å². The number of hydrogen-bond donors (Lipinski definition) is 1. The molecule has 0 bridgehead atoms. The number of nitrogens with two attached hydrogens (primary N) is 1. The number of anilines is 1. The average molecular weight is 304 g/mol. The highest BCUT2D eigenvalue weighted by atomic mass is 32.2. The molecule has 0 atom stereocenters. The number of benzene rings is 2. The lowest BCUT2D eigenvalue weighted by Gasteiger charge is -2.09. The van der Waals surface area contributed by atoms with Gasteiger partial charge in [-0.25, -0.2) is 4.79 Å². The summed E-state index contributed by atoms with van der Waals surface area (Å²) in [6.07, 6.45) is 0. The van der Waals surface area contributed by atoms with Crippen molar-refractivity contribution in [2.24, 2.45) is 0 Å². The van der Waals surface area contributed by atoms with Crippen molar-refractivity contribution in [3.05, 3.63) is 58.1 Å². The van der Waals surface area contributed by atoms with Crippen molar-refractivity contribution in [2.45, 2.75) is 9.79 Å². The number of nitro benzene ring substituents is 1. The van der Waals surface area contributed by atoms with Crippen LogP contribution in [0.25, 0.3) is 0 Å². The van der Waals surface area contributed by atoms with E-state index in [-0.39, 0.29) is 11.3 Å². The number of rotatable bonds is 4. The van der Waals surface area contributed by atoms with Crippen LogP contribution in [0.1, 0.15) is 10.4 Å². The van der Waals surface area contributed by atoms with Crippen molar-refractivity contribution in [1.29, 1.82) is 0 Å². The zero-order valence-electron chi connectivity index (χ0n) is 11.1. The highest BCUT2D eigenvalue weighted by molar-refractivity contribution is 7.99. The van der Waals surface area contributed by atoms with Crippen molar-refractivity contribution in [2.75, 3.05) is 12.8 Å². The molecule has 0 amide bonds. The van der Waals surface area contributed by atoms with Gasteiger partial charge in [-0.1, -0.05) is 23.9 Å². The smallest absolute Gasteiger partial charge is 0.339 e. The maximum absolute atomic E-state index is 11.8. The summed E-state index contributed by atoms with van der Waals surface area (Å²) in [5, 5.41) is 10.8. The molecule has 0 heterocycles. The molecule has 2 aromatic carbocycles. The predicted octanol–water partition coefficient (Wildman–Crippen LogP) is 3.11. The number of methoxy groups -OCH3 is 1. The Kier molecular flexibility index (Phi) is 4.44. The van der Waals surface area contributed by atoms with E-state index in [1.807, 2.05) is 12.1 Å². The Morgan fingerprint density at radius 3 is 2.57 bits per heavy atom. The quantitative estimate of drug-likeness (QED) is 0.403. The van der Waals surface area contributed by atoms with Crippen LogP contribution in [0, 0.1) is 10.1 Å². The fourth-order valence-corrected chi connectivity index (χ4v) is 2.64. The lowest BCUT2D eigenvalue weighted by molar-refractivity contribution is -0.384. The van der Waals surface area contributed by atoms with Gasteiger partial charge in [-0.2, -0.15) is 0 Å². The average Bonchev–Trinajstić information content (AvgIpc) is 2.49. The van der Waals surface area contributed by atoms with Gasteiger partial charge in [0.2, 0.25) is 0 Å². The van der Waals surface area contributed by atoms with Crippen LogP contribution in [0.5, 0.6) is 0 Å². The number of carbonyl (C=O) groups excluding carboxylic acids is 1. The Labute approximate surface area is 125 Å². The van der Waals surface area contributed by atoms with Crippen LogP contribution in [0.15, 0.2) is 52.3 Å². The monoisotopic (exact) mass is 304 g/mol. The molecule has 7 heteroatoms. The van der Waals surface area contributed by atoms with E-state index in [0.29, 0.717) is 10.6 Å². The minimum Gasteiger partial charge on any atom is -0.465 e. The van der Waals surface area contributed by atoms with Gasteiger partial charge in [-0.3, -0.25) is 10.1 Å². The Balaban J connectivity index is 2.45. The summed E-state index contributed by atoms with van der Waals surface area (Å²) in [4.78, 5) is 23.4. The van der Waals surface area contributed by atoms with E-state index >= 15 is 0 Å². The van der Waals surface area contributed by atoms with E-state index in [9.17, 15) is 14.9 Å². The van der Waals surface area contributed by atoms with Gasteiger partial charge in [-0.15, -0.1) is 0 Å². The van der Waals surface area contributed by atoms with Gasteiger partial charge in [0.15, 0.2) is 0 Å². The molecule has 2 rings (SSSR count). The lowest BCUT2D eigenvalue weighted by atomic mass is 10.2. The molecule has 0 radical (unpaired) electrons. The van der Waals surface area contributed by atoms with Crippen LogP contribution in [0.3, 0.4) is 0 Å². The number of nitrogens with zero attached hydrogens (tertiary/aromatic N) is 1. The van der Waals surface area contributed by atoms with Gasteiger partial charge in [-0.05, 0) is 18.2 Å². The summed E-state index contributed by atoms with van der Waals surface area (Å²) >= 11 is 1.26. The number of nitro groups is 1. The second-order valence-corrected chi connectivity index (χ2v) is 5.15. The lowest BCUT2D eigenvalue weighted by Crippen LogP contribution is -2.04. The predicted molar refractivity (Wildman–Crippen MR) is 79.4 cm³/mol. The molecular weight excluding hydrogens is 292 g/mol. The molecule has 0 aromatic heterocycles. The van der Waals surface area contributed by atoms with Crippen molar-refractivity contribution in [3.63, 3.8) is 0 Å². The zero-order valence-corrected chi connectivity index (χ0v) is 11.9. The largest absolute Gasteiger partial charge is 0.465 e. The minimum atomic E-state index is -0.629. The second-order valence-electron chi connectivity index (χ2n) is 4.07. The number of para-hydroxylation sites is 1. The highest BCUT2D eigenvalue weighted by Gasteiger charge is 2.18. The number of non-ortho nitro benzene ring substituents is 1. The second kappa shape index (κ2) is 6.27. The number of ether oxygens (including phenoxy) is 1. The summed E-state index contributed by atoms with van der Waals surface area (Å²) in [5.74, 6) is -0.629. The van der Waals surface area contributed by atoms with Crippen LogP contribution >= 0.6 is 11.8 Å². The van der Waals surface area contributed by atoms with E-state index in [1.54, 1.807) is 12.1 Å². The molecule has 21 heavy (non-hydrogen) atoms. The Bertz CT molecular complexity index is 703. The standard InChI is InChI=1S/C14H12N2O4S/c1-20-14(17)10-8-9(16(18)19)6-7-12(10)21-13-5-3-2-4-11(13)15/h2-8H,15H2,1H3. The third-order valence-electron chi connectivity index (χ3n) is 2.72. The Hall–Kier alpha value is -2.54. The van der Waals surface area contributed by atoms with Gasteiger partial charge >= 0.3 is 5.97 Å². The molecule has 0 aliphatic carbocycles. The van der Waals surface area contributed by atoms with E-state index in [1.165, 1.54) is 37.1 Å². The number of carbonyl (C=O) groups is 1. The summed E-state index contributed by atoms with van der Waals surface area (Å²) in [6.45, 7) is 0. The Morgan fingerprint density at radius 2 is 1.95 bits per heavy atom. The molecule has 6 nitrogen and oxygen atoms in total. The molecule has 0 spiro atoms. The van der Waals surface area contributed by atoms with Crippen LogP contribution in [-0.2, 0) is 4.74 Å². The molecule has 0 saturated heterocycles. The molecular formula is C14H12N2O4S. The minimum absolute atomic E-state index is 0.139. The topological polar surface area (TPSA) is 95.5 Å². The van der Waals surface area contributed by atoms with E-state index < -0.39 is 10.9 Å². The van der Waals surface area contributed by atoms with E-state index in [2.05, 4.69) is 4.74 Å². The normalized spacial score (nSPS) is 10.1. The molecule has 0 unspecified atom stereocenters. The fourth-order valence-electron chi connectivity index (χ4n) is 1.68. The molecule has 0 aliphatic heterocycles. The maximum Gasteiger partial charge on any atom is 0.339 e. The summed E-state index contributed by atoms with van der Waals surface area (Å²) in [7, 11) is 1.23. The van der Waals surface area contributed by atoms with Crippen LogP contribution in [0.4, 0.5) is 11.4 Å². The fraction of sp³-hybridized carbons (Fsp3) is 0.0714. The van der Waals surface area contributed by atoms with Gasteiger partial charge in [0, 0.05) is 27.6 Å². The molecule has 2 aromatic rings. The number of nitrogen functional groups attached to an aromatic ring is 1.